The molecule has 0 unspecified atom stereocenters. The second-order valence-corrected chi connectivity index (χ2v) is 7.86. The van der Waals surface area contributed by atoms with Crippen LogP contribution in [0.5, 0.6) is 0 Å². The highest BCUT2D eigenvalue weighted by molar-refractivity contribution is 6.31. The smallest absolute Gasteiger partial charge is 0.0451 e. The molecule has 0 N–H and O–H groups in total. The Morgan fingerprint density at radius 3 is 2.12 bits per heavy atom. The Bertz CT molecular complexity index is 690. The SMILES string of the molecule is Clc1ccccc1CN1CCC(N2CCN(c3ccccc3)CC2)CC1. The van der Waals surface area contributed by atoms with Gasteiger partial charge in [-0.15, -0.1) is 0 Å². The zero-order valence-corrected chi connectivity index (χ0v) is 16.1. The lowest BCUT2D eigenvalue weighted by atomic mass is 10.0. The van der Waals surface area contributed by atoms with Crippen LogP contribution in [-0.2, 0) is 6.54 Å². The Morgan fingerprint density at radius 1 is 0.769 bits per heavy atom. The molecular weight excluding hydrogens is 342 g/mol. The van der Waals surface area contributed by atoms with Gasteiger partial charge in [0.2, 0.25) is 0 Å². The topological polar surface area (TPSA) is 9.72 Å². The monoisotopic (exact) mass is 369 g/mol. The lowest BCUT2D eigenvalue weighted by Gasteiger charge is -2.43. The predicted molar refractivity (Wildman–Crippen MR) is 110 cm³/mol. The van der Waals surface area contributed by atoms with Gasteiger partial charge in [-0.3, -0.25) is 9.80 Å². The molecule has 0 amide bonds. The Kier molecular flexibility index (Phi) is 5.78. The number of hydrogen-bond acceptors (Lipinski definition) is 3. The van der Waals surface area contributed by atoms with E-state index < -0.39 is 0 Å². The number of para-hydroxylation sites is 1. The molecule has 4 rings (SSSR count). The van der Waals surface area contributed by atoms with E-state index in [1.165, 1.54) is 50.3 Å². The van der Waals surface area contributed by atoms with Crippen LogP contribution in [0.4, 0.5) is 5.69 Å². The summed E-state index contributed by atoms with van der Waals surface area (Å²) in [6, 6.07) is 19.8. The van der Waals surface area contributed by atoms with Gasteiger partial charge in [-0.1, -0.05) is 48.0 Å². The van der Waals surface area contributed by atoms with Crippen molar-refractivity contribution in [1.82, 2.24) is 9.80 Å². The highest BCUT2D eigenvalue weighted by Gasteiger charge is 2.27. The van der Waals surface area contributed by atoms with Crippen molar-refractivity contribution >= 4 is 17.3 Å². The fourth-order valence-electron chi connectivity index (χ4n) is 4.29. The molecule has 2 saturated heterocycles. The summed E-state index contributed by atoms with van der Waals surface area (Å²) in [5, 5.41) is 0.895. The molecule has 26 heavy (non-hydrogen) atoms. The molecule has 0 spiro atoms. The first-order valence-corrected chi connectivity index (χ1v) is 10.2. The van der Waals surface area contributed by atoms with E-state index in [0.29, 0.717) is 0 Å². The highest BCUT2D eigenvalue weighted by atomic mass is 35.5. The van der Waals surface area contributed by atoms with Gasteiger partial charge >= 0.3 is 0 Å². The highest BCUT2D eigenvalue weighted by Crippen LogP contribution is 2.23. The van der Waals surface area contributed by atoms with Crippen LogP contribution in [0.3, 0.4) is 0 Å². The van der Waals surface area contributed by atoms with E-state index in [-0.39, 0.29) is 0 Å². The van der Waals surface area contributed by atoms with Gasteiger partial charge in [-0.05, 0) is 49.7 Å². The van der Waals surface area contributed by atoms with Crippen LogP contribution in [0.2, 0.25) is 5.02 Å². The molecule has 0 radical (unpaired) electrons. The second kappa shape index (κ2) is 8.43. The zero-order valence-electron chi connectivity index (χ0n) is 15.4. The molecule has 138 valence electrons. The van der Waals surface area contributed by atoms with Crippen molar-refractivity contribution < 1.29 is 0 Å². The van der Waals surface area contributed by atoms with Gasteiger partial charge in [0.25, 0.3) is 0 Å². The maximum absolute atomic E-state index is 6.32. The average Bonchev–Trinajstić information content (AvgIpc) is 2.71. The van der Waals surface area contributed by atoms with E-state index in [4.69, 9.17) is 11.6 Å². The van der Waals surface area contributed by atoms with Gasteiger partial charge in [-0.25, -0.2) is 0 Å². The molecule has 2 aromatic rings. The molecule has 2 heterocycles. The fraction of sp³-hybridized carbons (Fsp3) is 0.455. The van der Waals surface area contributed by atoms with Crippen molar-refractivity contribution in [3.63, 3.8) is 0 Å². The Hall–Kier alpha value is -1.55. The van der Waals surface area contributed by atoms with E-state index in [2.05, 4.69) is 57.2 Å². The molecule has 4 heteroatoms. The van der Waals surface area contributed by atoms with Crippen molar-refractivity contribution in [2.75, 3.05) is 44.2 Å². The number of likely N-dealkylation sites (tertiary alicyclic amines) is 1. The maximum Gasteiger partial charge on any atom is 0.0451 e. The van der Waals surface area contributed by atoms with Gasteiger partial charge in [0, 0.05) is 49.5 Å². The van der Waals surface area contributed by atoms with Gasteiger partial charge in [0.05, 0.1) is 0 Å². The quantitative estimate of drug-likeness (QED) is 0.802. The lowest BCUT2D eigenvalue weighted by molar-refractivity contribution is 0.0998. The molecule has 2 aromatic carbocycles. The predicted octanol–water partition coefficient (Wildman–Crippen LogP) is 4.13. The van der Waals surface area contributed by atoms with Crippen molar-refractivity contribution in [2.45, 2.75) is 25.4 Å². The molecule has 2 fully saturated rings. The van der Waals surface area contributed by atoms with E-state index >= 15 is 0 Å². The number of benzene rings is 2. The Labute approximate surface area is 162 Å². The van der Waals surface area contributed by atoms with Crippen LogP contribution in [0.25, 0.3) is 0 Å². The number of piperazine rings is 1. The summed E-state index contributed by atoms with van der Waals surface area (Å²) in [6.07, 6.45) is 2.55. The van der Waals surface area contributed by atoms with Gasteiger partial charge in [0.15, 0.2) is 0 Å². The average molecular weight is 370 g/mol. The minimum absolute atomic E-state index is 0.746. The summed E-state index contributed by atoms with van der Waals surface area (Å²) >= 11 is 6.32. The molecule has 0 saturated carbocycles. The van der Waals surface area contributed by atoms with Crippen LogP contribution >= 0.6 is 11.6 Å². The minimum atomic E-state index is 0.746. The first-order chi connectivity index (χ1) is 12.8. The standard InChI is InChI=1S/C22H28ClN3/c23-22-9-5-4-6-19(22)18-24-12-10-21(11-13-24)26-16-14-25(15-17-26)20-7-2-1-3-8-20/h1-9,21H,10-18H2. The maximum atomic E-state index is 6.32. The third-order valence-electron chi connectivity index (χ3n) is 5.86. The summed E-state index contributed by atoms with van der Waals surface area (Å²) in [4.78, 5) is 7.78. The van der Waals surface area contributed by atoms with Crippen molar-refractivity contribution in [2.24, 2.45) is 0 Å². The molecule has 2 aliphatic rings. The molecule has 3 nitrogen and oxygen atoms in total. The number of hydrogen-bond donors (Lipinski definition) is 0. The minimum Gasteiger partial charge on any atom is -0.369 e. The van der Waals surface area contributed by atoms with Crippen LogP contribution in [0, 0.1) is 0 Å². The van der Waals surface area contributed by atoms with Crippen molar-refractivity contribution in [3.05, 3.63) is 65.2 Å². The third kappa shape index (κ3) is 4.22. The first kappa shape index (κ1) is 17.8. The van der Waals surface area contributed by atoms with Crippen molar-refractivity contribution in [1.29, 1.82) is 0 Å². The second-order valence-electron chi connectivity index (χ2n) is 7.46. The largest absolute Gasteiger partial charge is 0.369 e. The summed E-state index contributed by atoms with van der Waals surface area (Å²) in [5.41, 5.74) is 2.62. The van der Waals surface area contributed by atoms with Crippen molar-refractivity contribution in [3.8, 4) is 0 Å². The van der Waals surface area contributed by atoms with Gasteiger partial charge in [0.1, 0.15) is 0 Å². The molecule has 0 aromatic heterocycles. The molecule has 0 aliphatic carbocycles. The van der Waals surface area contributed by atoms with Crippen LogP contribution in [-0.4, -0.2) is 55.1 Å². The summed E-state index contributed by atoms with van der Waals surface area (Å²) < 4.78 is 0. The normalized spacial score (nSPS) is 20.4. The third-order valence-corrected chi connectivity index (χ3v) is 6.23. The van der Waals surface area contributed by atoms with Gasteiger partial charge < -0.3 is 4.90 Å². The Morgan fingerprint density at radius 2 is 1.42 bits per heavy atom. The number of anilines is 1. The van der Waals surface area contributed by atoms with Crippen LogP contribution in [0.15, 0.2) is 54.6 Å². The summed E-state index contributed by atoms with van der Waals surface area (Å²) in [6.45, 7) is 7.99. The van der Waals surface area contributed by atoms with E-state index in [9.17, 15) is 0 Å². The van der Waals surface area contributed by atoms with E-state index in [1.807, 2.05) is 12.1 Å². The molecule has 0 atom stereocenters. The lowest BCUT2D eigenvalue weighted by Crippen LogP contribution is -2.53. The Balaban J connectivity index is 1.25. The molecular formula is C22H28ClN3. The van der Waals surface area contributed by atoms with Crippen LogP contribution in [0.1, 0.15) is 18.4 Å². The number of piperidine rings is 1. The summed E-state index contributed by atoms with van der Waals surface area (Å²) in [5.74, 6) is 0. The van der Waals surface area contributed by atoms with E-state index in [0.717, 1.165) is 30.7 Å². The van der Waals surface area contributed by atoms with E-state index in [1.54, 1.807) is 0 Å². The number of halogens is 1. The fourth-order valence-corrected chi connectivity index (χ4v) is 4.49. The first-order valence-electron chi connectivity index (χ1n) is 9.79. The van der Waals surface area contributed by atoms with Crippen LogP contribution < -0.4 is 4.90 Å². The molecule has 0 bridgehead atoms. The summed E-state index contributed by atoms with van der Waals surface area (Å²) in [7, 11) is 0. The van der Waals surface area contributed by atoms with Gasteiger partial charge in [-0.2, -0.15) is 0 Å². The number of rotatable bonds is 4. The molecule has 2 aliphatic heterocycles. The number of nitrogens with zero attached hydrogens (tertiary/aromatic N) is 3. The zero-order chi connectivity index (χ0) is 17.8.